The molecule has 1 rings (SSSR count). The van der Waals surface area contributed by atoms with Crippen LogP contribution in [-0.2, 0) is 95.9 Å². The number of hydrogen-bond acceptors (Lipinski definition) is 19. The van der Waals surface area contributed by atoms with Gasteiger partial charge in [-0.25, -0.2) is 47.3 Å². The molecule has 0 saturated carbocycles. The number of ketones is 2. The summed E-state index contributed by atoms with van der Waals surface area (Å²) >= 11 is 0. The summed E-state index contributed by atoms with van der Waals surface area (Å²) in [6.07, 6.45) is 12.7. The van der Waals surface area contributed by atoms with Crippen molar-refractivity contribution in [3.05, 3.63) is 94.7 Å². The number of hydrogen-bond donors (Lipinski definition) is 0. The summed E-state index contributed by atoms with van der Waals surface area (Å²) in [4.78, 5) is 142. The maximum absolute atomic E-state index is 13.3. The normalized spacial score (nSPS) is 10.2. The van der Waals surface area contributed by atoms with Crippen molar-refractivity contribution in [2.75, 3.05) is 46.2 Å². The number of carbonyl (C=O) groups is 9. The lowest BCUT2D eigenvalue weighted by Crippen LogP contribution is -2.55. The molecule has 0 amide bonds. The zero-order valence-electron chi connectivity index (χ0n) is 40.6. The van der Waals surface area contributed by atoms with Gasteiger partial charge in [-0.2, -0.15) is 0 Å². The van der Waals surface area contributed by atoms with Gasteiger partial charge >= 0.3 is 58.9 Å². The van der Waals surface area contributed by atoms with Gasteiger partial charge in [-0.1, -0.05) is 32.9 Å². The summed E-state index contributed by atoms with van der Waals surface area (Å²) in [5.74, 6) is -4.14. The van der Waals surface area contributed by atoms with Gasteiger partial charge < -0.3 is 33.2 Å². The highest BCUT2D eigenvalue weighted by Gasteiger charge is 2.18. The Morgan fingerprint density at radius 1 is 0.338 bits per heavy atom. The molecule has 0 saturated heterocycles. The molecule has 22 nitrogen and oxygen atoms in total. The molecule has 0 aliphatic rings. The van der Waals surface area contributed by atoms with Gasteiger partial charge in [-0.15, -0.1) is 0 Å². The Bertz CT molecular complexity index is 1910. The van der Waals surface area contributed by atoms with E-state index in [9.17, 15) is 57.5 Å². The molecule has 0 spiro atoms. The first-order valence-corrected chi connectivity index (χ1v) is 23.3. The van der Waals surface area contributed by atoms with E-state index in [1.807, 2.05) is 0 Å². The lowest BCUT2D eigenvalue weighted by molar-refractivity contribution is -0.145. The number of esters is 7. The molecule has 71 heavy (non-hydrogen) atoms. The number of ether oxygens (including phenoxy) is 7. The van der Waals surface area contributed by atoms with E-state index in [4.69, 9.17) is 33.2 Å². The zero-order chi connectivity index (χ0) is 53.2. The molecule has 1 aromatic heterocycles. The summed E-state index contributed by atoms with van der Waals surface area (Å²) < 4.78 is 37.0. The van der Waals surface area contributed by atoms with E-state index in [0.29, 0.717) is 97.4 Å². The van der Waals surface area contributed by atoms with E-state index in [2.05, 4.69) is 32.9 Å². The SMILES string of the molecule is C=CC(=O)CC(=O)CCCCCOC(=O)C=C.C=CC(=O)OCCCCCC(=O)OCCn1c(=O)n(CCOC(=O)CCCCCOC(=O)C=C)c(=O)n(CCOC(=O)CCCCCOC(=O)C=C)c1=O. The molecule has 394 valence electrons. The molecule has 0 bridgehead atoms. The molecule has 0 atom stereocenters. The number of Topliss-reactive ketones (excluding diaryl/α,β-unsaturated/α-hetero) is 1. The fourth-order valence-electron chi connectivity index (χ4n) is 5.75. The van der Waals surface area contributed by atoms with Crippen molar-refractivity contribution in [1.29, 1.82) is 0 Å². The fraction of sp³-hybridized carbons (Fsp3) is 0.551. The van der Waals surface area contributed by atoms with Gasteiger partial charge in [-0.05, 0) is 83.1 Å². The predicted molar refractivity (Wildman–Crippen MR) is 255 cm³/mol. The van der Waals surface area contributed by atoms with E-state index in [-0.39, 0.29) is 76.9 Å². The third kappa shape index (κ3) is 32.2. The average molecular weight is 1000 g/mol. The summed E-state index contributed by atoms with van der Waals surface area (Å²) in [6, 6.07) is 0. The number of carbonyl (C=O) groups excluding carboxylic acids is 9. The van der Waals surface area contributed by atoms with Crippen LogP contribution in [0.3, 0.4) is 0 Å². The van der Waals surface area contributed by atoms with Crippen LogP contribution in [0, 0.1) is 0 Å². The molecule has 0 N–H and O–H groups in total. The van der Waals surface area contributed by atoms with Crippen molar-refractivity contribution in [3.8, 4) is 0 Å². The van der Waals surface area contributed by atoms with Crippen molar-refractivity contribution in [3.63, 3.8) is 0 Å². The predicted octanol–water partition coefficient (Wildman–Crippen LogP) is 3.66. The Morgan fingerprint density at radius 3 is 0.859 bits per heavy atom. The second-order valence-corrected chi connectivity index (χ2v) is 15.1. The van der Waals surface area contributed by atoms with Gasteiger partial charge in [0.15, 0.2) is 5.78 Å². The largest absolute Gasteiger partial charge is 0.464 e. The molecular weight excluding hydrogens is 935 g/mol. The fourth-order valence-corrected chi connectivity index (χ4v) is 5.75. The second kappa shape index (κ2) is 40.6. The standard InChI is InChI=1S/C36H51N3O15.C13H18O4/c1-4-28(40)49-22-13-7-10-16-31(43)52-25-19-37-34(46)38(20-26-53-32(44)17-11-8-14-23-50-29(41)5-2)36(48)39(35(37)47)21-27-54-33(45)18-12-9-15-24-51-30(42)6-3;1-3-11(14)10-12(15)8-6-5-7-9-17-13(16)4-2/h4-6H,1-3,7-27H2;3-4H,1-2,5-10H2. The number of nitrogens with zero attached hydrogens (tertiary/aromatic N) is 3. The first-order chi connectivity index (χ1) is 34.0. The molecule has 0 radical (unpaired) electrons. The van der Waals surface area contributed by atoms with E-state index < -0.39 is 78.5 Å². The maximum Gasteiger partial charge on any atom is 0.336 e. The van der Waals surface area contributed by atoms with E-state index in [1.54, 1.807) is 0 Å². The highest BCUT2D eigenvalue weighted by atomic mass is 16.6. The Balaban J connectivity index is 0.00000243. The third-order valence-corrected chi connectivity index (χ3v) is 9.54. The third-order valence-electron chi connectivity index (χ3n) is 9.54. The van der Waals surface area contributed by atoms with Crippen LogP contribution in [0.4, 0.5) is 0 Å². The average Bonchev–Trinajstić information content (AvgIpc) is 3.35. The van der Waals surface area contributed by atoms with Crippen molar-refractivity contribution in [2.45, 2.75) is 129 Å². The number of allylic oxidation sites excluding steroid dienone is 1. The lowest BCUT2D eigenvalue weighted by atomic mass is 10.1. The molecule has 0 unspecified atom stereocenters. The molecule has 0 aliphatic carbocycles. The van der Waals surface area contributed by atoms with Gasteiger partial charge in [0.25, 0.3) is 0 Å². The molecule has 1 heterocycles. The van der Waals surface area contributed by atoms with Gasteiger partial charge in [0.05, 0.1) is 52.5 Å². The first kappa shape index (κ1) is 63.7. The van der Waals surface area contributed by atoms with E-state index >= 15 is 0 Å². The van der Waals surface area contributed by atoms with Crippen molar-refractivity contribution in [2.24, 2.45) is 0 Å². The van der Waals surface area contributed by atoms with Gasteiger partial charge in [-0.3, -0.25) is 24.0 Å². The Kier molecular flexibility index (Phi) is 36.5. The smallest absolute Gasteiger partial charge is 0.336 e. The zero-order valence-corrected chi connectivity index (χ0v) is 40.6. The minimum absolute atomic E-state index is 0.0380. The highest BCUT2D eigenvalue weighted by molar-refractivity contribution is 6.04. The number of rotatable bonds is 40. The van der Waals surface area contributed by atoms with Crippen LogP contribution in [0.25, 0.3) is 0 Å². The molecule has 0 aliphatic heterocycles. The van der Waals surface area contributed by atoms with Crippen LogP contribution >= 0.6 is 0 Å². The second-order valence-electron chi connectivity index (χ2n) is 15.1. The van der Waals surface area contributed by atoms with Crippen LogP contribution in [0.5, 0.6) is 0 Å². The molecule has 0 aromatic carbocycles. The number of unbranched alkanes of at least 4 members (excludes halogenated alkanes) is 8. The van der Waals surface area contributed by atoms with E-state index in [0.717, 1.165) is 36.8 Å². The minimum atomic E-state index is -1.02. The van der Waals surface area contributed by atoms with Crippen molar-refractivity contribution < 1.29 is 76.3 Å². The van der Waals surface area contributed by atoms with Gasteiger partial charge in [0, 0.05) is 50.0 Å². The molecule has 0 fully saturated rings. The number of aromatic nitrogens is 3. The summed E-state index contributed by atoms with van der Waals surface area (Å²) in [5, 5.41) is 0. The monoisotopic (exact) mass is 1000 g/mol. The van der Waals surface area contributed by atoms with Crippen LogP contribution in [0.2, 0.25) is 0 Å². The van der Waals surface area contributed by atoms with Crippen LogP contribution in [-0.4, -0.2) is 113 Å². The molecule has 1 aromatic rings. The Hall–Kier alpha value is -7.26. The maximum atomic E-state index is 13.3. The Labute approximate surface area is 412 Å². The topological polar surface area (TPSA) is 284 Å². The molecular formula is C49H69N3O19. The first-order valence-electron chi connectivity index (χ1n) is 23.3. The van der Waals surface area contributed by atoms with Crippen LogP contribution in [0.15, 0.2) is 77.7 Å². The summed E-state index contributed by atoms with van der Waals surface area (Å²) in [6.45, 7) is 15.0. The van der Waals surface area contributed by atoms with Crippen LogP contribution in [0.1, 0.15) is 109 Å². The van der Waals surface area contributed by atoms with Crippen molar-refractivity contribution in [1.82, 2.24) is 13.7 Å². The van der Waals surface area contributed by atoms with Crippen LogP contribution < -0.4 is 17.1 Å². The highest BCUT2D eigenvalue weighted by Crippen LogP contribution is 2.06. The lowest BCUT2D eigenvalue weighted by Gasteiger charge is -2.14. The summed E-state index contributed by atoms with van der Waals surface area (Å²) in [7, 11) is 0. The Morgan fingerprint density at radius 2 is 0.606 bits per heavy atom. The molecule has 22 heteroatoms. The summed E-state index contributed by atoms with van der Waals surface area (Å²) in [5.41, 5.74) is -3.06. The van der Waals surface area contributed by atoms with E-state index in [1.165, 1.54) is 0 Å². The minimum Gasteiger partial charge on any atom is -0.464 e. The quantitative estimate of drug-likeness (QED) is 0.0298. The van der Waals surface area contributed by atoms with Gasteiger partial charge in [0.2, 0.25) is 0 Å². The van der Waals surface area contributed by atoms with Crippen molar-refractivity contribution >= 4 is 53.4 Å². The van der Waals surface area contributed by atoms with Gasteiger partial charge in [0.1, 0.15) is 25.6 Å².